The van der Waals surface area contributed by atoms with Crippen molar-refractivity contribution in [2.45, 2.75) is 32.8 Å². The molecule has 0 heterocycles. The third-order valence-electron chi connectivity index (χ3n) is 2.98. The molecule has 0 atom stereocenters. The lowest BCUT2D eigenvalue weighted by atomic mass is 10.2. The standard InChI is InChI=1S/C16H21ClN2O6.CH5N/c1-16(2,3)25-15(21)18(4)6-5-7-24-13-9-11(10-20)8-12(14(13)17)19(22)23;1-2/h8-10H,5-7H2,1-4H3;2H2,1H3. The molecule has 1 aromatic rings. The number of benzene rings is 1. The summed E-state index contributed by atoms with van der Waals surface area (Å²) in [6.45, 7) is 5.85. The summed E-state index contributed by atoms with van der Waals surface area (Å²) >= 11 is 5.93. The van der Waals surface area contributed by atoms with Crippen LogP contribution >= 0.6 is 11.6 Å². The minimum Gasteiger partial charge on any atom is -0.492 e. The number of ether oxygens (including phenoxy) is 2. The number of halogens is 1. The van der Waals surface area contributed by atoms with Gasteiger partial charge in [0.25, 0.3) is 5.69 Å². The topological polar surface area (TPSA) is 125 Å². The fourth-order valence-electron chi connectivity index (χ4n) is 1.82. The third kappa shape index (κ3) is 8.69. The van der Waals surface area contributed by atoms with Gasteiger partial charge < -0.3 is 20.1 Å². The molecule has 9 nitrogen and oxygen atoms in total. The van der Waals surface area contributed by atoms with Crippen LogP contribution in [0.25, 0.3) is 0 Å². The molecule has 27 heavy (non-hydrogen) atoms. The molecular formula is C17H26ClN3O6. The molecule has 1 rings (SSSR count). The first-order chi connectivity index (χ1) is 12.5. The van der Waals surface area contributed by atoms with Gasteiger partial charge in [-0.3, -0.25) is 14.9 Å². The summed E-state index contributed by atoms with van der Waals surface area (Å²) in [7, 11) is 3.10. The van der Waals surface area contributed by atoms with Gasteiger partial charge in [0.1, 0.15) is 17.6 Å². The normalized spacial score (nSPS) is 10.3. The molecule has 0 bridgehead atoms. The van der Waals surface area contributed by atoms with Crippen molar-refractivity contribution < 1.29 is 24.0 Å². The van der Waals surface area contributed by atoms with E-state index in [0.717, 1.165) is 6.07 Å². The Morgan fingerprint density at radius 2 is 1.96 bits per heavy atom. The maximum Gasteiger partial charge on any atom is 0.410 e. The molecule has 1 aromatic carbocycles. The van der Waals surface area contributed by atoms with E-state index in [4.69, 9.17) is 21.1 Å². The summed E-state index contributed by atoms with van der Waals surface area (Å²) in [5.41, 5.74) is 3.62. The highest BCUT2D eigenvalue weighted by Crippen LogP contribution is 2.35. The van der Waals surface area contributed by atoms with Gasteiger partial charge in [0.2, 0.25) is 0 Å². The summed E-state index contributed by atoms with van der Waals surface area (Å²) in [6.07, 6.45) is 0.474. The van der Waals surface area contributed by atoms with Crippen LogP contribution in [0, 0.1) is 10.1 Å². The Morgan fingerprint density at radius 1 is 1.37 bits per heavy atom. The van der Waals surface area contributed by atoms with Crippen LogP contribution in [0.15, 0.2) is 12.1 Å². The molecule has 1 amide bonds. The Bertz CT molecular complexity index is 661. The van der Waals surface area contributed by atoms with E-state index in [1.807, 2.05) is 0 Å². The van der Waals surface area contributed by atoms with E-state index >= 15 is 0 Å². The average Bonchev–Trinajstić information content (AvgIpc) is 2.59. The molecule has 0 saturated heterocycles. The number of amides is 1. The third-order valence-corrected chi connectivity index (χ3v) is 3.36. The largest absolute Gasteiger partial charge is 0.492 e. The molecule has 0 aromatic heterocycles. The van der Waals surface area contributed by atoms with Crippen molar-refractivity contribution in [3.05, 3.63) is 32.8 Å². The Morgan fingerprint density at radius 3 is 2.44 bits per heavy atom. The number of nitrogens with two attached hydrogens (primary N) is 1. The number of aldehydes is 1. The highest BCUT2D eigenvalue weighted by Gasteiger charge is 2.20. The lowest BCUT2D eigenvalue weighted by Crippen LogP contribution is -2.35. The average molecular weight is 404 g/mol. The molecule has 0 saturated carbocycles. The first-order valence-corrected chi connectivity index (χ1v) is 8.50. The van der Waals surface area contributed by atoms with E-state index in [9.17, 15) is 19.7 Å². The fraction of sp³-hybridized carbons (Fsp3) is 0.529. The Kier molecular flexibility index (Phi) is 10.3. The van der Waals surface area contributed by atoms with Gasteiger partial charge in [-0.2, -0.15) is 0 Å². The molecular weight excluding hydrogens is 378 g/mol. The van der Waals surface area contributed by atoms with Crippen molar-refractivity contribution in [3.8, 4) is 5.75 Å². The zero-order valence-electron chi connectivity index (χ0n) is 16.2. The van der Waals surface area contributed by atoms with E-state index in [1.165, 1.54) is 18.0 Å². The predicted molar refractivity (Wildman–Crippen MR) is 103 cm³/mol. The summed E-state index contributed by atoms with van der Waals surface area (Å²) in [5, 5.41) is 10.8. The van der Waals surface area contributed by atoms with Gasteiger partial charge in [-0.1, -0.05) is 11.6 Å². The van der Waals surface area contributed by atoms with Crippen LogP contribution in [0.4, 0.5) is 10.5 Å². The molecule has 0 aliphatic rings. The molecule has 0 unspecified atom stereocenters. The highest BCUT2D eigenvalue weighted by molar-refractivity contribution is 6.34. The number of nitro benzene ring substituents is 1. The highest BCUT2D eigenvalue weighted by atomic mass is 35.5. The van der Waals surface area contributed by atoms with Gasteiger partial charge in [-0.25, -0.2) is 4.79 Å². The second-order valence-corrected chi connectivity index (χ2v) is 6.71. The van der Waals surface area contributed by atoms with Crippen LogP contribution in [0.3, 0.4) is 0 Å². The summed E-state index contributed by atoms with van der Waals surface area (Å²) < 4.78 is 10.6. The van der Waals surface area contributed by atoms with E-state index in [1.54, 1.807) is 27.8 Å². The summed E-state index contributed by atoms with van der Waals surface area (Å²) in [4.78, 5) is 34.3. The zero-order valence-corrected chi connectivity index (χ0v) is 16.9. The van der Waals surface area contributed by atoms with Gasteiger partial charge in [0, 0.05) is 25.2 Å². The van der Waals surface area contributed by atoms with Gasteiger partial charge in [-0.15, -0.1) is 0 Å². The number of nitrogens with zero attached hydrogens (tertiary/aromatic N) is 2. The second kappa shape index (κ2) is 11.3. The van der Waals surface area contributed by atoms with E-state index in [0.29, 0.717) is 19.3 Å². The molecule has 0 spiro atoms. The number of hydrogen-bond acceptors (Lipinski definition) is 7. The van der Waals surface area contributed by atoms with Crippen LogP contribution in [-0.4, -0.2) is 55.1 Å². The van der Waals surface area contributed by atoms with E-state index in [-0.39, 0.29) is 22.9 Å². The van der Waals surface area contributed by atoms with E-state index in [2.05, 4.69) is 5.73 Å². The number of carbonyl (C=O) groups excluding carboxylic acids is 2. The molecule has 0 aliphatic heterocycles. The van der Waals surface area contributed by atoms with Crippen molar-refractivity contribution in [2.75, 3.05) is 27.2 Å². The maximum absolute atomic E-state index is 11.8. The quantitative estimate of drug-likeness (QED) is 0.320. The Labute approximate surface area is 163 Å². The predicted octanol–water partition coefficient (Wildman–Crippen LogP) is 3.27. The van der Waals surface area contributed by atoms with Gasteiger partial charge >= 0.3 is 6.09 Å². The lowest BCUT2D eigenvalue weighted by molar-refractivity contribution is -0.384. The van der Waals surface area contributed by atoms with Crippen LogP contribution in [0.5, 0.6) is 5.75 Å². The first kappa shape index (κ1) is 24.6. The van der Waals surface area contributed by atoms with Crippen LogP contribution in [0.1, 0.15) is 37.6 Å². The monoisotopic (exact) mass is 403 g/mol. The Balaban J connectivity index is 0.00000326. The first-order valence-electron chi connectivity index (χ1n) is 8.13. The minimum atomic E-state index is -0.682. The van der Waals surface area contributed by atoms with Crippen molar-refractivity contribution in [2.24, 2.45) is 5.73 Å². The molecule has 0 aliphatic carbocycles. The van der Waals surface area contributed by atoms with Crippen molar-refractivity contribution in [1.82, 2.24) is 4.90 Å². The van der Waals surface area contributed by atoms with Crippen molar-refractivity contribution >= 4 is 29.7 Å². The minimum absolute atomic E-state index is 0.0536. The second-order valence-electron chi connectivity index (χ2n) is 6.33. The molecule has 10 heteroatoms. The summed E-state index contributed by atoms with van der Waals surface area (Å²) in [5.74, 6) is 0.0536. The lowest BCUT2D eigenvalue weighted by Gasteiger charge is -2.24. The number of nitro groups is 1. The molecule has 0 radical (unpaired) electrons. The number of hydrogen-bond donors (Lipinski definition) is 1. The molecule has 0 fully saturated rings. The van der Waals surface area contributed by atoms with Gasteiger partial charge in [0.15, 0.2) is 5.02 Å². The molecule has 2 N–H and O–H groups in total. The zero-order chi connectivity index (χ0) is 21.2. The Hall–Kier alpha value is -2.39. The number of carbonyl (C=O) groups is 2. The van der Waals surface area contributed by atoms with Crippen LogP contribution in [0.2, 0.25) is 5.02 Å². The number of rotatable bonds is 7. The van der Waals surface area contributed by atoms with Gasteiger partial charge in [-0.05, 0) is 40.3 Å². The van der Waals surface area contributed by atoms with E-state index < -0.39 is 22.3 Å². The fourth-order valence-corrected chi connectivity index (χ4v) is 2.06. The maximum atomic E-state index is 11.8. The van der Waals surface area contributed by atoms with Crippen molar-refractivity contribution in [1.29, 1.82) is 0 Å². The molecule has 152 valence electrons. The smallest absolute Gasteiger partial charge is 0.410 e. The van der Waals surface area contributed by atoms with Crippen molar-refractivity contribution in [3.63, 3.8) is 0 Å². The van der Waals surface area contributed by atoms with Crippen LogP contribution < -0.4 is 10.5 Å². The van der Waals surface area contributed by atoms with Crippen LogP contribution in [-0.2, 0) is 4.74 Å². The SMILES string of the molecule is CN.CN(CCCOc1cc(C=O)cc([N+](=O)[O-])c1Cl)C(=O)OC(C)(C)C. The van der Waals surface area contributed by atoms with Gasteiger partial charge in [0.05, 0.1) is 11.5 Å². The summed E-state index contributed by atoms with van der Waals surface area (Å²) in [6, 6.07) is 2.42.